The van der Waals surface area contributed by atoms with Gasteiger partial charge in [0.05, 0.1) is 6.10 Å². The van der Waals surface area contributed by atoms with E-state index in [1.807, 2.05) is 0 Å². The van der Waals surface area contributed by atoms with Gasteiger partial charge in [-0.1, -0.05) is 15.9 Å². The van der Waals surface area contributed by atoms with E-state index < -0.39 is 0 Å². The average molecular weight is 313 g/mol. The van der Waals surface area contributed by atoms with Crippen molar-refractivity contribution < 1.29 is 4.74 Å². The van der Waals surface area contributed by atoms with Gasteiger partial charge in [0.25, 0.3) is 0 Å². The van der Waals surface area contributed by atoms with Crippen LogP contribution in [0.3, 0.4) is 0 Å². The van der Waals surface area contributed by atoms with Crippen LogP contribution in [0.5, 0.6) is 0 Å². The molecular weight excluding hydrogens is 292 g/mol. The Hall–Kier alpha value is -0.580. The van der Waals surface area contributed by atoms with Crippen LogP contribution in [0.15, 0.2) is 22.7 Å². The highest BCUT2D eigenvalue weighted by Gasteiger charge is 2.18. The summed E-state index contributed by atoms with van der Waals surface area (Å²) in [6, 6.07) is 6.40. The molecule has 18 heavy (non-hydrogen) atoms. The molecule has 1 atom stereocenters. The average Bonchev–Trinajstić information content (AvgIpc) is 2.82. The second kappa shape index (κ2) is 6.55. The number of anilines is 1. The molecule has 0 aliphatic carbocycles. The van der Waals surface area contributed by atoms with E-state index in [9.17, 15) is 0 Å². The number of benzene rings is 1. The number of nitrogens with zero attached hydrogens (tertiary/aromatic N) is 1. The fourth-order valence-corrected chi connectivity index (χ4v) is 2.88. The lowest BCUT2D eigenvalue weighted by Crippen LogP contribution is -2.29. The van der Waals surface area contributed by atoms with Gasteiger partial charge in [-0.25, -0.2) is 0 Å². The van der Waals surface area contributed by atoms with E-state index in [0.29, 0.717) is 12.6 Å². The maximum absolute atomic E-state index is 5.69. The quantitative estimate of drug-likeness (QED) is 0.908. The molecule has 1 aliphatic rings. The van der Waals surface area contributed by atoms with Gasteiger partial charge < -0.3 is 15.4 Å². The minimum atomic E-state index is 0.379. The van der Waals surface area contributed by atoms with Gasteiger partial charge in [0.2, 0.25) is 0 Å². The first-order valence-electron chi connectivity index (χ1n) is 6.52. The normalized spacial score (nSPS) is 19.2. The molecule has 2 rings (SSSR count). The lowest BCUT2D eigenvalue weighted by Gasteiger charge is -2.25. The molecule has 0 radical (unpaired) electrons. The van der Waals surface area contributed by atoms with Gasteiger partial charge in [0, 0.05) is 30.4 Å². The summed E-state index contributed by atoms with van der Waals surface area (Å²) in [7, 11) is 2.13. The molecule has 1 fully saturated rings. The third-order valence-corrected chi connectivity index (χ3v) is 3.86. The minimum absolute atomic E-state index is 0.379. The van der Waals surface area contributed by atoms with Crippen LogP contribution in [0.2, 0.25) is 0 Å². The Bertz CT molecular complexity index is 391. The van der Waals surface area contributed by atoms with Crippen molar-refractivity contribution in [2.75, 3.05) is 31.6 Å². The molecule has 0 spiro atoms. The summed E-state index contributed by atoms with van der Waals surface area (Å²) in [5.41, 5.74) is 8.25. The third kappa shape index (κ3) is 3.46. The van der Waals surface area contributed by atoms with E-state index in [1.165, 1.54) is 24.1 Å². The number of hydrogen-bond donors (Lipinski definition) is 1. The molecule has 1 unspecified atom stereocenters. The first kappa shape index (κ1) is 13.8. The summed E-state index contributed by atoms with van der Waals surface area (Å²) in [5.74, 6) is 0. The van der Waals surface area contributed by atoms with Crippen molar-refractivity contribution in [2.24, 2.45) is 5.73 Å². The van der Waals surface area contributed by atoms with Crippen molar-refractivity contribution in [3.63, 3.8) is 0 Å². The predicted molar refractivity (Wildman–Crippen MR) is 79.1 cm³/mol. The summed E-state index contributed by atoms with van der Waals surface area (Å²) >= 11 is 3.52. The molecule has 1 aliphatic heterocycles. The number of rotatable bonds is 5. The van der Waals surface area contributed by atoms with E-state index in [-0.39, 0.29) is 0 Å². The minimum Gasteiger partial charge on any atom is -0.376 e. The first-order chi connectivity index (χ1) is 8.70. The highest BCUT2D eigenvalue weighted by Crippen LogP contribution is 2.25. The maximum Gasteiger partial charge on any atom is 0.0750 e. The molecule has 4 heteroatoms. The fourth-order valence-electron chi connectivity index (χ4n) is 2.47. The molecule has 0 aromatic heterocycles. The standard InChI is InChI=1S/C14H21BrN2O/c1-17(10-13-3-2-8-18-13)14-5-4-12(15)9-11(14)6-7-16/h4-5,9,13H,2-3,6-8,10,16H2,1H3. The van der Waals surface area contributed by atoms with Crippen molar-refractivity contribution in [1.82, 2.24) is 0 Å². The van der Waals surface area contributed by atoms with Crippen molar-refractivity contribution in [3.8, 4) is 0 Å². The Morgan fingerprint density at radius 1 is 1.50 bits per heavy atom. The highest BCUT2D eigenvalue weighted by molar-refractivity contribution is 9.10. The summed E-state index contributed by atoms with van der Waals surface area (Å²) in [6.45, 7) is 2.55. The molecule has 1 saturated heterocycles. The molecule has 1 aromatic rings. The van der Waals surface area contributed by atoms with E-state index >= 15 is 0 Å². The van der Waals surface area contributed by atoms with Gasteiger partial charge in [-0.2, -0.15) is 0 Å². The van der Waals surface area contributed by atoms with Crippen LogP contribution in [-0.4, -0.2) is 32.8 Å². The van der Waals surface area contributed by atoms with Crippen LogP contribution in [-0.2, 0) is 11.2 Å². The van der Waals surface area contributed by atoms with Gasteiger partial charge in [-0.05, 0) is 49.6 Å². The summed E-state index contributed by atoms with van der Waals surface area (Å²) in [4.78, 5) is 2.29. The molecule has 1 aromatic carbocycles. The molecule has 1 heterocycles. The molecule has 0 bridgehead atoms. The van der Waals surface area contributed by atoms with Crippen molar-refractivity contribution in [3.05, 3.63) is 28.2 Å². The SMILES string of the molecule is CN(CC1CCCO1)c1ccc(Br)cc1CCN. The Balaban J connectivity index is 2.09. The van der Waals surface area contributed by atoms with Crippen molar-refractivity contribution >= 4 is 21.6 Å². The lowest BCUT2D eigenvalue weighted by atomic mass is 10.1. The summed E-state index contributed by atoms with van der Waals surface area (Å²) in [5, 5.41) is 0. The van der Waals surface area contributed by atoms with Crippen molar-refractivity contribution in [1.29, 1.82) is 0 Å². The number of hydrogen-bond acceptors (Lipinski definition) is 3. The van der Waals surface area contributed by atoms with Crippen LogP contribution in [0.4, 0.5) is 5.69 Å². The van der Waals surface area contributed by atoms with Crippen LogP contribution in [0, 0.1) is 0 Å². The van der Waals surface area contributed by atoms with Gasteiger partial charge in [-0.15, -0.1) is 0 Å². The number of halogens is 1. The Morgan fingerprint density at radius 2 is 2.33 bits per heavy atom. The molecular formula is C14H21BrN2O. The van der Waals surface area contributed by atoms with E-state index in [0.717, 1.165) is 24.0 Å². The topological polar surface area (TPSA) is 38.5 Å². The summed E-state index contributed by atoms with van der Waals surface area (Å²) < 4.78 is 6.80. The van der Waals surface area contributed by atoms with Crippen LogP contribution in [0.25, 0.3) is 0 Å². The Kier molecular flexibility index (Phi) is 5.03. The maximum atomic E-state index is 5.69. The number of nitrogens with two attached hydrogens (primary N) is 1. The first-order valence-corrected chi connectivity index (χ1v) is 7.31. The van der Waals surface area contributed by atoms with E-state index in [4.69, 9.17) is 10.5 Å². The van der Waals surface area contributed by atoms with Crippen LogP contribution in [0.1, 0.15) is 18.4 Å². The Labute approximate surface area is 117 Å². The zero-order valence-corrected chi connectivity index (χ0v) is 12.4. The Morgan fingerprint density at radius 3 is 3.00 bits per heavy atom. The zero-order chi connectivity index (χ0) is 13.0. The number of likely N-dealkylation sites (N-methyl/N-ethyl adjacent to an activating group) is 1. The van der Waals surface area contributed by atoms with Gasteiger partial charge in [-0.3, -0.25) is 0 Å². The molecule has 0 amide bonds. The second-order valence-electron chi connectivity index (χ2n) is 4.83. The molecule has 0 saturated carbocycles. The third-order valence-electron chi connectivity index (χ3n) is 3.37. The van der Waals surface area contributed by atoms with Crippen LogP contribution < -0.4 is 10.6 Å². The highest BCUT2D eigenvalue weighted by atomic mass is 79.9. The molecule has 3 nitrogen and oxygen atoms in total. The van der Waals surface area contributed by atoms with Gasteiger partial charge in [0.1, 0.15) is 0 Å². The predicted octanol–water partition coefficient (Wildman–Crippen LogP) is 2.57. The lowest BCUT2D eigenvalue weighted by molar-refractivity contribution is 0.116. The monoisotopic (exact) mass is 312 g/mol. The van der Waals surface area contributed by atoms with Crippen LogP contribution >= 0.6 is 15.9 Å². The second-order valence-corrected chi connectivity index (χ2v) is 5.74. The van der Waals surface area contributed by atoms with Gasteiger partial charge >= 0.3 is 0 Å². The largest absolute Gasteiger partial charge is 0.376 e. The number of ether oxygens (including phenoxy) is 1. The summed E-state index contributed by atoms with van der Waals surface area (Å²) in [6.07, 6.45) is 3.65. The smallest absolute Gasteiger partial charge is 0.0750 e. The van der Waals surface area contributed by atoms with E-state index in [2.05, 4.69) is 46.1 Å². The fraction of sp³-hybridized carbons (Fsp3) is 0.571. The molecule has 2 N–H and O–H groups in total. The molecule has 100 valence electrons. The van der Waals surface area contributed by atoms with Crippen molar-refractivity contribution in [2.45, 2.75) is 25.4 Å². The van der Waals surface area contributed by atoms with Gasteiger partial charge in [0.15, 0.2) is 0 Å². The zero-order valence-electron chi connectivity index (χ0n) is 10.9. The van der Waals surface area contributed by atoms with E-state index in [1.54, 1.807) is 0 Å².